The minimum Gasteiger partial charge on any atom is -0.378 e. The van der Waals surface area contributed by atoms with Crippen LogP contribution in [0.2, 0.25) is 0 Å². The molecule has 0 aromatic heterocycles. The summed E-state index contributed by atoms with van der Waals surface area (Å²) in [5, 5.41) is 27.8. The quantitative estimate of drug-likeness (QED) is 0.484. The number of anilines is 1. The van der Waals surface area contributed by atoms with Gasteiger partial charge in [0.15, 0.2) is 0 Å². The highest BCUT2D eigenvalue weighted by Gasteiger charge is 2.10. The van der Waals surface area contributed by atoms with Crippen LogP contribution in [-0.4, -0.2) is 19.0 Å². The van der Waals surface area contributed by atoms with E-state index < -0.39 is 4.92 Å². The van der Waals surface area contributed by atoms with E-state index in [4.69, 9.17) is 5.26 Å². The van der Waals surface area contributed by atoms with E-state index in [-0.39, 0.29) is 11.3 Å². The number of nitriles is 1. The number of nitrogens with zero attached hydrogens (tertiary/aromatic N) is 5. The second-order valence-electron chi connectivity index (χ2n) is 4.68. The molecule has 2 rings (SSSR count). The normalized spacial score (nSPS) is 10.4. The van der Waals surface area contributed by atoms with Gasteiger partial charge in [-0.25, -0.2) is 0 Å². The molecule has 0 spiro atoms. The fourth-order valence-electron chi connectivity index (χ4n) is 1.74. The van der Waals surface area contributed by atoms with E-state index in [2.05, 4.69) is 10.2 Å². The Bertz CT molecular complexity index is 760. The van der Waals surface area contributed by atoms with Gasteiger partial charge in [-0.15, -0.1) is 5.11 Å². The van der Waals surface area contributed by atoms with E-state index in [0.29, 0.717) is 11.4 Å². The minimum absolute atomic E-state index is 0.114. The Kier molecular flexibility index (Phi) is 4.44. The first-order valence-electron chi connectivity index (χ1n) is 6.39. The van der Waals surface area contributed by atoms with Gasteiger partial charge < -0.3 is 4.90 Å². The molecule has 0 saturated carbocycles. The van der Waals surface area contributed by atoms with Crippen LogP contribution in [0.15, 0.2) is 52.7 Å². The Morgan fingerprint density at radius 3 is 2.36 bits per heavy atom. The highest BCUT2D eigenvalue weighted by atomic mass is 16.6. The lowest BCUT2D eigenvalue weighted by Gasteiger charge is -2.11. The molecule has 2 aromatic rings. The van der Waals surface area contributed by atoms with Gasteiger partial charge in [0.1, 0.15) is 11.8 Å². The molecule has 0 saturated heterocycles. The molecule has 0 unspecified atom stereocenters. The summed E-state index contributed by atoms with van der Waals surface area (Å²) in [5.41, 5.74) is 1.93. The fourth-order valence-corrected chi connectivity index (χ4v) is 1.74. The smallest absolute Gasteiger partial charge is 0.270 e. The van der Waals surface area contributed by atoms with Crippen LogP contribution in [0.3, 0.4) is 0 Å². The van der Waals surface area contributed by atoms with Crippen molar-refractivity contribution in [1.29, 1.82) is 5.26 Å². The molecule has 0 N–H and O–H groups in total. The van der Waals surface area contributed by atoms with Gasteiger partial charge in [-0.1, -0.05) is 0 Å². The molecule has 0 amide bonds. The fraction of sp³-hybridized carbons (Fsp3) is 0.133. The van der Waals surface area contributed by atoms with E-state index in [9.17, 15) is 10.1 Å². The largest absolute Gasteiger partial charge is 0.378 e. The number of hydrogen-bond donors (Lipinski definition) is 0. The predicted octanol–water partition coefficient (Wildman–Crippen LogP) is 3.95. The summed E-state index contributed by atoms with van der Waals surface area (Å²) in [6.07, 6.45) is 0. The molecule has 0 heterocycles. The van der Waals surface area contributed by atoms with Crippen LogP contribution >= 0.6 is 0 Å². The first-order chi connectivity index (χ1) is 10.5. The Balaban J connectivity index is 2.26. The zero-order chi connectivity index (χ0) is 16.1. The van der Waals surface area contributed by atoms with Gasteiger partial charge in [0, 0.05) is 31.9 Å². The molecule has 0 aliphatic carbocycles. The second kappa shape index (κ2) is 6.45. The Morgan fingerprint density at radius 1 is 1.14 bits per heavy atom. The number of nitro benzene ring substituents is 1. The Morgan fingerprint density at radius 2 is 1.82 bits per heavy atom. The van der Waals surface area contributed by atoms with Gasteiger partial charge in [0.05, 0.1) is 16.2 Å². The average molecular weight is 295 g/mol. The molecule has 0 aliphatic rings. The summed E-state index contributed by atoms with van der Waals surface area (Å²) in [6.45, 7) is 0. The predicted molar refractivity (Wildman–Crippen MR) is 82.8 cm³/mol. The van der Waals surface area contributed by atoms with Crippen molar-refractivity contribution >= 4 is 22.7 Å². The lowest BCUT2D eigenvalue weighted by atomic mass is 10.2. The van der Waals surface area contributed by atoms with Crippen molar-refractivity contribution < 1.29 is 4.92 Å². The molecule has 22 heavy (non-hydrogen) atoms. The zero-order valence-corrected chi connectivity index (χ0v) is 12.1. The number of benzene rings is 2. The van der Waals surface area contributed by atoms with Crippen LogP contribution in [-0.2, 0) is 0 Å². The Labute approximate surface area is 127 Å². The van der Waals surface area contributed by atoms with Crippen molar-refractivity contribution in [2.24, 2.45) is 10.2 Å². The third-order valence-corrected chi connectivity index (χ3v) is 2.95. The number of azo groups is 1. The van der Waals surface area contributed by atoms with Gasteiger partial charge in [-0.3, -0.25) is 10.1 Å². The molecular weight excluding hydrogens is 282 g/mol. The monoisotopic (exact) mass is 295 g/mol. The van der Waals surface area contributed by atoms with Gasteiger partial charge in [0.25, 0.3) is 5.69 Å². The SMILES string of the molecule is CN(C)c1ccc(N=Nc2ccc([N+](=O)[O-])cc2C#N)cc1. The summed E-state index contributed by atoms with van der Waals surface area (Å²) in [6, 6.07) is 13.2. The number of hydrogen-bond acceptors (Lipinski definition) is 6. The average Bonchev–Trinajstić information content (AvgIpc) is 2.52. The second-order valence-corrected chi connectivity index (χ2v) is 4.68. The van der Waals surface area contributed by atoms with Crippen LogP contribution in [0, 0.1) is 21.4 Å². The molecule has 0 bridgehead atoms. The third-order valence-electron chi connectivity index (χ3n) is 2.95. The van der Waals surface area contributed by atoms with E-state index >= 15 is 0 Å². The minimum atomic E-state index is -0.554. The summed E-state index contributed by atoms with van der Waals surface area (Å²) in [4.78, 5) is 12.1. The van der Waals surface area contributed by atoms with Crippen molar-refractivity contribution in [3.63, 3.8) is 0 Å². The molecule has 7 heteroatoms. The summed E-state index contributed by atoms with van der Waals surface area (Å²) < 4.78 is 0. The topological polar surface area (TPSA) is 94.9 Å². The molecule has 0 radical (unpaired) electrons. The zero-order valence-electron chi connectivity index (χ0n) is 12.1. The van der Waals surface area contributed by atoms with Crippen LogP contribution < -0.4 is 4.90 Å². The van der Waals surface area contributed by atoms with Crippen LogP contribution in [0.4, 0.5) is 22.7 Å². The maximum Gasteiger partial charge on any atom is 0.270 e. The molecule has 0 atom stereocenters. The van der Waals surface area contributed by atoms with Crippen molar-refractivity contribution in [3.8, 4) is 6.07 Å². The van der Waals surface area contributed by atoms with Gasteiger partial charge in [0.2, 0.25) is 0 Å². The van der Waals surface area contributed by atoms with Crippen molar-refractivity contribution in [2.45, 2.75) is 0 Å². The molecule has 7 nitrogen and oxygen atoms in total. The first kappa shape index (κ1) is 15.1. The maximum absolute atomic E-state index is 10.7. The first-order valence-corrected chi connectivity index (χ1v) is 6.39. The standard InChI is InChI=1S/C15H13N5O2/c1-19(2)13-5-3-12(4-6-13)17-18-15-8-7-14(20(21)22)9-11(15)10-16/h3-9H,1-2H3. The van der Waals surface area contributed by atoms with E-state index in [0.717, 1.165) is 5.69 Å². The van der Waals surface area contributed by atoms with Crippen LogP contribution in [0.5, 0.6) is 0 Å². The summed E-state index contributed by atoms with van der Waals surface area (Å²) in [5.74, 6) is 0. The lowest BCUT2D eigenvalue weighted by Crippen LogP contribution is -2.07. The summed E-state index contributed by atoms with van der Waals surface area (Å²) in [7, 11) is 3.87. The van der Waals surface area contributed by atoms with E-state index in [1.165, 1.54) is 18.2 Å². The van der Waals surface area contributed by atoms with Crippen molar-refractivity contribution in [1.82, 2.24) is 0 Å². The molecule has 0 aliphatic heterocycles. The highest BCUT2D eigenvalue weighted by Crippen LogP contribution is 2.26. The van der Waals surface area contributed by atoms with E-state index in [1.54, 1.807) is 12.1 Å². The van der Waals surface area contributed by atoms with Gasteiger partial charge >= 0.3 is 0 Å². The van der Waals surface area contributed by atoms with Crippen LogP contribution in [0.1, 0.15) is 5.56 Å². The highest BCUT2D eigenvalue weighted by molar-refractivity contribution is 5.58. The van der Waals surface area contributed by atoms with Crippen molar-refractivity contribution in [3.05, 3.63) is 58.1 Å². The lowest BCUT2D eigenvalue weighted by molar-refractivity contribution is -0.384. The van der Waals surface area contributed by atoms with Crippen molar-refractivity contribution in [2.75, 3.05) is 19.0 Å². The molecular formula is C15H13N5O2. The van der Waals surface area contributed by atoms with Gasteiger partial charge in [-0.2, -0.15) is 10.4 Å². The third kappa shape index (κ3) is 3.43. The van der Waals surface area contributed by atoms with Gasteiger partial charge in [-0.05, 0) is 30.3 Å². The number of rotatable bonds is 4. The number of non-ortho nitro benzene ring substituents is 1. The molecule has 110 valence electrons. The summed E-state index contributed by atoms with van der Waals surface area (Å²) >= 11 is 0. The molecule has 0 fully saturated rings. The van der Waals surface area contributed by atoms with E-state index in [1.807, 2.05) is 37.2 Å². The number of nitro groups is 1. The Hall–Kier alpha value is -3.27. The molecule has 2 aromatic carbocycles. The van der Waals surface area contributed by atoms with Crippen LogP contribution in [0.25, 0.3) is 0 Å². The maximum atomic E-state index is 10.7.